The van der Waals surface area contributed by atoms with Crippen LogP contribution in [-0.2, 0) is 11.2 Å². The third-order valence-corrected chi connectivity index (χ3v) is 7.72. The second kappa shape index (κ2) is 10.2. The predicted octanol–water partition coefficient (Wildman–Crippen LogP) is 4.10. The molecule has 0 N–H and O–H groups in total. The highest BCUT2D eigenvalue weighted by atomic mass is 35.5. The van der Waals surface area contributed by atoms with Gasteiger partial charge in [0.05, 0.1) is 42.1 Å². The Morgan fingerprint density at radius 2 is 1.94 bits per heavy atom. The summed E-state index contributed by atoms with van der Waals surface area (Å²) in [5.41, 5.74) is 1.32. The number of halogens is 1. The zero-order chi connectivity index (χ0) is 23.5. The summed E-state index contributed by atoms with van der Waals surface area (Å²) in [5.74, 6) is 3.87. The summed E-state index contributed by atoms with van der Waals surface area (Å²) in [6.45, 7) is 4.32. The molecule has 8 heteroatoms. The Morgan fingerprint density at radius 3 is 2.62 bits per heavy atom. The molecule has 2 atom stereocenters. The van der Waals surface area contributed by atoms with Crippen LogP contribution in [-0.4, -0.2) is 53.6 Å². The van der Waals surface area contributed by atoms with Crippen molar-refractivity contribution in [3.05, 3.63) is 46.7 Å². The average Bonchev–Trinajstić information content (AvgIpc) is 3.59. The standard InChI is InChI=1S/C26H30ClN5O2/c27-22-16-29-26(30-17-22)32-9-4-18(5-10-32)24-13-20(24)6-11-34-23-3-2-19(21(12-23)15-28)14-25(33)31-7-1-8-31/h2-3,12,16-18,20,24H,1,4-11,13-14H2. The molecule has 2 aliphatic heterocycles. The fraction of sp³-hybridized carbons (Fsp3) is 0.538. The summed E-state index contributed by atoms with van der Waals surface area (Å²) in [7, 11) is 0. The number of carbonyl (C=O) groups excluding carboxylic acids is 1. The highest BCUT2D eigenvalue weighted by Crippen LogP contribution is 2.49. The Balaban J connectivity index is 1.04. The number of nitriles is 1. The molecule has 2 unspecified atom stereocenters. The molecule has 1 amide bonds. The van der Waals surface area contributed by atoms with Gasteiger partial charge in [-0.2, -0.15) is 5.26 Å². The lowest BCUT2D eigenvalue weighted by Crippen LogP contribution is -2.42. The lowest BCUT2D eigenvalue weighted by Gasteiger charge is -2.32. The molecule has 2 saturated heterocycles. The van der Waals surface area contributed by atoms with Crippen molar-refractivity contribution in [2.75, 3.05) is 37.7 Å². The van der Waals surface area contributed by atoms with Gasteiger partial charge in [-0.3, -0.25) is 4.79 Å². The zero-order valence-electron chi connectivity index (χ0n) is 19.3. The highest BCUT2D eigenvalue weighted by molar-refractivity contribution is 6.30. The molecule has 1 saturated carbocycles. The van der Waals surface area contributed by atoms with E-state index < -0.39 is 0 Å². The molecule has 1 aliphatic carbocycles. The Kier molecular flexibility index (Phi) is 6.87. The number of aromatic nitrogens is 2. The van der Waals surface area contributed by atoms with Crippen molar-refractivity contribution < 1.29 is 9.53 Å². The van der Waals surface area contributed by atoms with Crippen molar-refractivity contribution in [1.82, 2.24) is 14.9 Å². The van der Waals surface area contributed by atoms with Gasteiger partial charge in [-0.25, -0.2) is 9.97 Å². The molecule has 2 aromatic rings. The number of piperidine rings is 1. The first-order valence-electron chi connectivity index (χ1n) is 12.3. The zero-order valence-corrected chi connectivity index (χ0v) is 20.1. The number of carbonyl (C=O) groups is 1. The van der Waals surface area contributed by atoms with Gasteiger partial charge in [0.2, 0.25) is 11.9 Å². The largest absolute Gasteiger partial charge is 0.494 e. The van der Waals surface area contributed by atoms with Crippen molar-refractivity contribution >= 4 is 23.5 Å². The highest BCUT2D eigenvalue weighted by Gasteiger charge is 2.43. The van der Waals surface area contributed by atoms with Gasteiger partial charge in [-0.1, -0.05) is 17.7 Å². The van der Waals surface area contributed by atoms with Gasteiger partial charge in [0.25, 0.3) is 0 Å². The maximum Gasteiger partial charge on any atom is 0.227 e. The molecule has 1 aromatic carbocycles. The summed E-state index contributed by atoms with van der Waals surface area (Å²) >= 11 is 5.90. The summed E-state index contributed by atoms with van der Waals surface area (Å²) < 4.78 is 5.98. The van der Waals surface area contributed by atoms with Crippen LogP contribution in [0.2, 0.25) is 5.02 Å². The second-order valence-corrected chi connectivity index (χ2v) is 10.1. The van der Waals surface area contributed by atoms with Crippen LogP contribution >= 0.6 is 11.6 Å². The topological polar surface area (TPSA) is 82.3 Å². The minimum atomic E-state index is 0.0997. The average molecular weight is 480 g/mol. The van der Waals surface area contributed by atoms with E-state index >= 15 is 0 Å². The van der Waals surface area contributed by atoms with E-state index in [1.807, 2.05) is 17.0 Å². The Hall–Kier alpha value is -2.85. The molecular weight excluding hydrogens is 450 g/mol. The first-order valence-corrected chi connectivity index (χ1v) is 12.6. The van der Waals surface area contributed by atoms with E-state index in [0.29, 0.717) is 22.9 Å². The summed E-state index contributed by atoms with van der Waals surface area (Å²) in [6.07, 6.45) is 9.36. The Morgan fingerprint density at radius 1 is 1.18 bits per heavy atom. The van der Waals surface area contributed by atoms with Crippen molar-refractivity contribution in [2.24, 2.45) is 17.8 Å². The number of hydrogen-bond acceptors (Lipinski definition) is 6. The molecule has 1 aromatic heterocycles. The lowest BCUT2D eigenvalue weighted by atomic mass is 9.90. The number of rotatable bonds is 8. The van der Waals surface area contributed by atoms with E-state index in [4.69, 9.17) is 16.3 Å². The molecule has 0 spiro atoms. The molecule has 34 heavy (non-hydrogen) atoms. The summed E-state index contributed by atoms with van der Waals surface area (Å²) in [5, 5.41) is 10.1. The van der Waals surface area contributed by atoms with Gasteiger partial charge in [0.1, 0.15) is 5.75 Å². The number of hydrogen-bond donors (Lipinski definition) is 0. The van der Waals surface area contributed by atoms with E-state index in [9.17, 15) is 10.1 Å². The number of amides is 1. The molecule has 178 valence electrons. The molecule has 7 nitrogen and oxygen atoms in total. The number of likely N-dealkylation sites (tertiary alicyclic amines) is 1. The van der Waals surface area contributed by atoms with E-state index in [1.54, 1.807) is 18.5 Å². The fourth-order valence-corrected chi connectivity index (χ4v) is 5.35. The molecule has 0 bridgehead atoms. The fourth-order valence-electron chi connectivity index (χ4n) is 5.25. The first kappa shape index (κ1) is 22.9. The van der Waals surface area contributed by atoms with Crippen LogP contribution in [0.4, 0.5) is 5.95 Å². The number of ether oxygens (including phenoxy) is 1. The van der Waals surface area contributed by atoms with Crippen LogP contribution in [0.15, 0.2) is 30.6 Å². The van der Waals surface area contributed by atoms with E-state index in [2.05, 4.69) is 20.9 Å². The molecular formula is C26H30ClN5O2. The number of anilines is 1. The van der Waals surface area contributed by atoms with Gasteiger partial charge < -0.3 is 14.5 Å². The monoisotopic (exact) mass is 479 g/mol. The molecule has 3 fully saturated rings. The number of nitrogens with zero attached hydrogens (tertiary/aromatic N) is 5. The van der Waals surface area contributed by atoms with Gasteiger partial charge in [-0.05, 0) is 67.6 Å². The number of benzene rings is 1. The normalized spacial score (nSPS) is 22.1. The van der Waals surface area contributed by atoms with Crippen LogP contribution in [0.25, 0.3) is 0 Å². The molecule has 3 heterocycles. The lowest BCUT2D eigenvalue weighted by molar-refractivity contribution is -0.133. The molecule has 3 aliphatic rings. The van der Waals surface area contributed by atoms with Crippen LogP contribution in [0.5, 0.6) is 5.75 Å². The van der Waals surface area contributed by atoms with E-state index in [1.165, 1.54) is 19.3 Å². The van der Waals surface area contributed by atoms with Crippen molar-refractivity contribution in [3.63, 3.8) is 0 Å². The molecule has 5 rings (SSSR count). The molecule has 0 radical (unpaired) electrons. The van der Waals surface area contributed by atoms with Crippen LogP contribution in [0.1, 0.15) is 43.2 Å². The minimum absolute atomic E-state index is 0.0997. The quantitative estimate of drug-likeness (QED) is 0.567. The Labute approximate surface area is 205 Å². The van der Waals surface area contributed by atoms with Crippen molar-refractivity contribution in [2.45, 2.75) is 38.5 Å². The van der Waals surface area contributed by atoms with Crippen LogP contribution in [0.3, 0.4) is 0 Å². The van der Waals surface area contributed by atoms with Crippen molar-refractivity contribution in [3.8, 4) is 11.8 Å². The maximum absolute atomic E-state index is 12.2. The van der Waals surface area contributed by atoms with Crippen LogP contribution in [0, 0.1) is 29.1 Å². The van der Waals surface area contributed by atoms with Gasteiger partial charge in [0.15, 0.2) is 0 Å². The first-order chi connectivity index (χ1) is 16.6. The smallest absolute Gasteiger partial charge is 0.227 e. The van der Waals surface area contributed by atoms with Gasteiger partial charge >= 0.3 is 0 Å². The van der Waals surface area contributed by atoms with Crippen molar-refractivity contribution in [1.29, 1.82) is 5.26 Å². The Bertz CT molecular complexity index is 1060. The van der Waals surface area contributed by atoms with E-state index in [-0.39, 0.29) is 12.3 Å². The van der Waals surface area contributed by atoms with E-state index in [0.717, 1.165) is 68.3 Å². The van der Waals surface area contributed by atoms with Gasteiger partial charge in [-0.15, -0.1) is 0 Å². The summed E-state index contributed by atoms with van der Waals surface area (Å²) in [6, 6.07) is 7.75. The minimum Gasteiger partial charge on any atom is -0.494 e. The van der Waals surface area contributed by atoms with Gasteiger partial charge in [0, 0.05) is 26.2 Å². The third kappa shape index (κ3) is 5.28. The SMILES string of the molecule is N#Cc1cc(OCCC2CC2C2CCN(c3ncc(Cl)cn3)CC2)ccc1CC(=O)N1CCC1. The van der Waals surface area contributed by atoms with Crippen LogP contribution < -0.4 is 9.64 Å². The third-order valence-electron chi connectivity index (χ3n) is 7.52. The maximum atomic E-state index is 12.2. The predicted molar refractivity (Wildman–Crippen MR) is 130 cm³/mol. The summed E-state index contributed by atoms with van der Waals surface area (Å²) in [4.78, 5) is 25.0. The second-order valence-electron chi connectivity index (χ2n) is 9.66.